The highest BCUT2D eigenvalue weighted by atomic mass is 19.1. The number of methoxy groups -OCH3 is 2. The van der Waals surface area contributed by atoms with Gasteiger partial charge in [-0.1, -0.05) is 19.1 Å². The molecule has 68 heavy (non-hydrogen) atoms. The third-order valence-electron chi connectivity index (χ3n) is 9.38. The first kappa shape index (κ1) is 56.4. The Morgan fingerprint density at radius 1 is 0.632 bits per heavy atom. The number of benzene rings is 5. The lowest BCUT2D eigenvalue weighted by Crippen LogP contribution is -2.44. The van der Waals surface area contributed by atoms with Gasteiger partial charge in [-0.25, -0.2) is 17.6 Å². The van der Waals surface area contributed by atoms with Crippen molar-refractivity contribution in [2.24, 2.45) is 0 Å². The topological polar surface area (TPSA) is 158 Å². The minimum absolute atomic E-state index is 0.121. The maximum absolute atomic E-state index is 13.4. The van der Waals surface area contributed by atoms with Crippen LogP contribution >= 0.6 is 0 Å². The van der Waals surface area contributed by atoms with Crippen LogP contribution in [0.15, 0.2) is 109 Å². The van der Waals surface area contributed by atoms with Crippen molar-refractivity contribution in [1.29, 1.82) is 0 Å². The highest BCUT2D eigenvalue weighted by Crippen LogP contribution is 2.29. The molecule has 0 radical (unpaired) electrons. The van der Waals surface area contributed by atoms with Crippen molar-refractivity contribution in [3.05, 3.63) is 144 Å². The number of anilines is 4. The Morgan fingerprint density at radius 2 is 1.09 bits per heavy atom. The van der Waals surface area contributed by atoms with Crippen LogP contribution in [0.5, 0.6) is 11.5 Å². The molecule has 1 unspecified atom stereocenters. The number of aldehydes is 2. The lowest BCUT2D eigenvalue weighted by molar-refractivity contribution is -0.123. The predicted molar refractivity (Wildman–Crippen MR) is 255 cm³/mol. The van der Waals surface area contributed by atoms with E-state index in [1.165, 1.54) is 42.6 Å². The van der Waals surface area contributed by atoms with Gasteiger partial charge in [-0.2, -0.15) is 0 Å². The lowest BCUT2D eigenvalue weighted by Gasteiger charge is -2.27. The number of ether oxygens (including phenoxy) is 2. The first-order valence-corrected chi connectivity index (χ1v) is 20.9. The summed E-state index contributed by atoms with van der Waals surface area (Å²) in [6, 6.07) is 27.1. The average Bonchev–Trinajstić information content (AvgIpc) is 3.31. The number of nitrogens with zero attached hydrogens (tertiary/aromatic N) is 4. The van der Waals surface area contributed by atoms with Crippen LogP contribution in [0.3, 0.4) is 0 Å². The number of carbonyl (C=O) groups is 6. The lowest BCUT2D eigenvalue weighted by atomic mass is 10.1. The molecule has 0 saturated heterocycles. The fraction of sp³-hybridized carbons (Fsp3) is 0.280. The van der Waals surface area contributed by atoms with E-state index in [1.54, 1.807) is 26.4 Å². The Labute approximate surface area is 394 Å². The highest BCUT2D eigenvalue weighted by Gasteiger charge is 2.23. The Bertz CT molecular complexity index is 2300. The normalized spacial score (nSPS) is 10.4. The molecule has 0 spiro atoms. The molecule has 0 aliphatic rings. The van der Waals surface area contributed by atoms with Crippen LogP contribution in [0, 0.1) is 23.3 Å². The molecule has 0 aliphatic heterocycles. The minimum Gasteiger partial charge on any atom is -0.497 e. The molecule has 1 atom stereocenters. The van der Waals surface area contributed by atoms with Crippen LogP contribution in [0.1, 0.15) is 25.0 Å². The maximum atomic E-state index is 13.4. The summed E-state index contributed by atoms with van der Waals surface area (Å²) in [4.78, 5) is 76.8. The van der Waals surface area contributed by atoms with Gasteiger partial charge in [0.05, 0.1) is 38.2 Å². The molecule has 14 nitrogen and oxygen atoms in total. The van der Waals surface area contributed by atoms with Gasteiger partial charge < -0.3 is 49.3 Å². The van der Waals surface area contributed by atoms with Gasteiger partial charge in [0.1, 0.15) is 60.4 Å². The summed E-state index contributed by atoms with van der Waals surface area (Å²) in [7, 11) is 11.4. The second-order valence-corrected chi connectivity index (χ2v) is 14.9. The maximum Gasteiger partial charge on any atom is 0.240 e. The predicted octanol–water partition coefficient (Wildman–Crippen LogP) is 6.57. The van der Waals surface area contributed by atoms with Crippen LogP contribution in [0.2, 0.25) is 0 Å². The zero-order chi connectivity index (χ0) is 50.8. The van der Waals surface area contributed by atoms with Crippen molar-refractivity contribution in [1.82, 2.24) is 10.6 Å². The number of halogens is 4. The van der Waals surface area contributed by atoms with Gasteiger partial charge in [-0.05, 0) is 109 Å². The van der Waals surface area contributed by atoms with E-state index in [-0.39, 0.29) is 29.9 Å². The molecule has 5 aromatic rings. The molecule has 0 bridgehead atoms. The molecular formula is C50H58F4N6O8. The van der Waals surface area contributed by atoms with Gasteiger partial charge >= 0.3 is 0 Å². The van der Waals surface area contributed by atoms with Gasteiger partial charge in [0.25, 0.3) is 0 Å². The number of amides is 4. The summed E-state index contributed by atoms with van der Waals surface area (Å²) in [6.07, 6.45) is 1.69. The quantitative estimate of drug-likeness (QED) is 0.0728. The van der Waals surface area contributed by atoms with Crippen molar-refractivity contribution in [2.45, 2.75) is 32.7 Å². The van der Waals surface area contributed by atoms with Crippen LogP contribution < -0.4 is 39.7 Å². The Balaban J connectivity index is 0.000000394. The van der Waals surface area contributed by atoms with Crippen LogP contribution in [0.25, 0.3) is 0 Å². The standard InChI is InChI=1S/C24H24F2N4O6.2C9H13NO.C8H8F2/c1-16(34)30(13-23(35)27-6-7-31)22-5-3-2-4-21(22)29(15-33)12-24(36)28-20(14-32)10-17-8-18(25)11-19(26)9-17;2*1-10(2)8-4-6-9(11-3)7-5-8;1-2-6-3-7(9)5-8(10)4-6/h2-5,7-9,11,14-15,20H,6,10,12-13H2,1H3,(H,27,35)(H,28,36);2*4-7H,1-3H3;3-5H,2H2,1H3. The summed E-state index contributed by atoms with van der Waals surface area (Å²) in [5.74, 6) is -2.80. The molecule has 18 heteroatoms. The second-order valence-electron chi connectivity index (χ2n) is 14.9. The van der Waals surface area contributed by atoms with Crippen molar-refractivity contribution in [2.75, 3.05) is 81.6 Å². The van der Waals surface area contributed by atoms with E-state index in [0.29, 0.717) is 37.0 Å². The van der Waals surface area contributed by atoms with E-state index >= 15 is 0 Å². The van der Waals surface area contributed by atoms with Gasteiger partial charge in [-0.15, -0.1) is 0 Å². The largest absolute Gasteiger partial charge is 0.497 e. The van der Waals surface area contributed by atoms with Gasteiger partial charge in [0.15, 0.2) is 0 Å². The SMILES string of the molecule is CC(=O)N(CC(=O)NCC=O)c1ccccc1N(C=O)CC(=O)NC(C=O)Cc1cc(F)cc(F)c1.CCc1cc(F)cc(F)c1.COc1ccc(N(C)C)cc1.COc1ccc(N(C)C)cc1. The Hall–Kier alpha value is -7.76. The number of hydrogen-bond donors (Lipinski definition) is 2. The molecule has 0 saturated carbocycles. The van der Waals surface area contributed by atoms with E-state index in [4.69, 9.17) is 9.47 Å². The number of carbonyl (C=O) groups excluding carboxylic acids is 6. The number of nitrogens with one attached hydrogen (secondary N) is 2. The smallest absolute Gasteiger partial charge is 0.240 e. The molecule has 0 fully saturated rings. The fourth-order valence-electron chi connectivity index (χ4n) is 5.93. The molecule has 364 valence electrons. The first-order valence-electron chi connectivity index (χ1n) is 20.9. The number of para-hydroxylation sites is 2. The number of aryl methyl sites for hydroxylation is 1. The summed E-state index contributed by atoms with van der Waals surface area (Å²) in [5.41, 5.74) is 3.48. The van der Waals surface area contributed by atoms with Crippen LogP contribution in [0.4, 0.5) is 40.3 Å². The molecular weight excluding hydrogens is 889 g/mol. The minimum atomic E-state index is -1.13. The van der Waals surface area contributed by atoms with E-state index in [9.17, 15) is 46.3 Å². The van der Waals surface area contributed by atoms with E-state index < -0.39 is 60.1 Å². The fourth-order valence-corrected chi connectivity index (χ4v) is 5.93. The number of rotatable bonds is 18. The first-order chi connectivity index (χ1) is 32.4. The van der Waals surface area contributed by atoms with Crippen molar-refractivity contribution >= 4 is 59.5 Å². The van der Waals surface area contributed by atoms with Gasteiger partial charge in [-0.3, -0.25) is 19.2 Å². The van der Waals surface area contributed by atoms with Gasteiger partial charge in [0.2, 0.25) is 24.1 Å². The van der Waals surface area contributed by atoms with Gasteiger partial charge in [0, 0.05) is 58.6 Å². The Morgan fingerprint density at radius 3 is 1.47 bits per heavy atom. The van der Waals surface area contributed by atoms with E-state index in [2.05, 4.69) is 20.4 Å². The summed E-state index contributed by atoms with van der Waals surface area (Å²) < 4.78 is 61.7. The van der Waals surface area contributed by atoms with Crippen molar-refractivity contribution in [3.63, 3.8) is 0 Å². The highest BCUT2D eigenvalue weighted by molar-refractivity contribution is 6.02. The second kappa shape index (κ2) is 29.7. The molecule has 0 aliphatic carbocycles. The third kappa shape index (κ3) is 20.2. The molecule has 0 heterocycles. The Kier molecular flexibility index (Phi) is 24.6. The monoisotopic (exact) mass is 946 g/mol. The molecule has 5 aromatic carbocycles. The number of hydrogen-bond acceptors (Lipinski definition) is 10. The van der Waals surface area contributed by atoms with Crippen LogP contribution in [-0.4, -0.2) is 105 Å². The summed E-state index contributed by atoms with van der Waals surface area (Å²) >= 11 is 0. The van der Waals surface area contributed by atoms with Crippen molar-refractivity contribution < 1.29 is 55.8 Å². The molecule has 0 aromatic heterocycles. The zero-order valence-electron chi connectivity index (χ0n) is 39.3. The molecule has 2 N–H and O–H groups in total. The third-order valence-corrected chi connectivity index (χ3v) is 9.38. The van der Waals surface area contributed by atoms with Crippen LogP contribution in [-0.2, 0) is 41.6 Å². The van der Waals surface area contributed by atoms with E-state index in [1.807, 2.05) is 83.6 Å². The van der Waals surface area contributed by atoms with E-state index in [0.717, 1.165) is 39.5 Å². The average molecular weight is 947 g/mol. The zero-order valence-corrected chi connectivity index (χ0v) is 39.3. The molecule has 4 amide bonds. The summed E-state index contributed by atoms with van der Waals surface area (Å²) in [6.45, 7) is 1.80. The molecule has 5 rings (SSSR count). The van der Waals surface area contributed by atoms with Crippen molar-refractivity contribution in [3.8, 4) is 11.5 Å². The summed E-state index contributed by atoms with van der Waals surface area (Å²) in [5, 5.41) is 4.69.